The minimum Gasteiger partial charge on any atom is -0.494 e. The smallest absolute Gasteiger partial charge is 0.161 e. The quantitative estimate of drug-likeness (QED) is 0.465. The molecule has 1 aliphatic heterocycles. The Morgan fingerprint density at radius 2 is 1.91 bits per heavy atom. The zero-order valence-corrected chi connectivity index (χ0v) is 19.8. The van der Waals surface area contributed by atoms with E-state index < -0.39 is 15.9 Å². The highest BCUT2D eigenvalue weighted by Crippen LogP contribution is 2.28. The Hall–Kier alpha value is -2.62. The Labute approximate surface area is 195 Å². The van der Waals surface area contributed by atoms with Crippen molar-refractivity contribution in [1.29, 1.82) is 0 Å². The molecule has 0 spiro atoms. The summed E-state index contributed by atoms with van der Waals surface area (Å²) < 4.78 is 40.6. The van der Waals surface area contributed by atoms with Crippen LogP contribution in [0.25, 0.3) is 0 Å². The molecule has 1 fully saturated rings. The maximum atomic E-state index is 12.1. The first-order chi connectivity index (χ1) is 15.8. The number of carbonyl (C=O) groups is 1. The summed E-state index contributed by atoms with van der Waals surface area (Å²) in [7, 11) is -1.59. The minimum absolute atomic E-state index is 0.00392. The van der Waals surface area contributed by atoms with E-state index in [0.717, 1.165) is 17.6 Å². The third kappa shape index (κ3) is 7.18. The Kier molecular flexibility index (Phi) is 8.71. The monoisotopic (exact) mass is 477 g/mol. The van der Waals surface area contributed by atoms with Crippen molar-refractivity contribution in [3.8, 4) is 17.2 Å². The number of sulfone groups is 1. The number of benzene rings is 2. The minimum atomic E-state index is -3.07. The molecule has 33 heavy (non-hydrogen) atoms. The van der Waals surface area contributed by atoms with Gasteiger partial charge in [-0.2, -0.15) is 0 Å². The van der Waals surface area contributed by atoms with Crippen molar-refractivity contribution < 1.29 is 32.5 Å². The molecule has 0 amide bonds. The van der Waals surface area contributed by atoms with Crippen LogP contribution in [0.5, 0.6) is 17.2 Å². The first-order valence-electron chi connectivity index (χ1n) is 10.9. The van der Waals surface area contributed by atoms with Crippen LogP contribution in [0, 0.1) is 0 Å². The molecule has 3 rings (SSSR count). The van der Waals surface area contributed by atoms with Crippen LogP contribution < -0.4 is 14.2 Å². The van der Waals surface area contributed by atoms with Gasteiger partial charge in [0.1, 0.15) is 24.7 Å². The lowest BCUT2D eigenvalue weighted by Gasteiger charge is -2.30. The third-order valence-electron chi connectivity index (χ3n) is 5.55. The van der Waals surface area contributed by atoms with Gasteiger partial charge in [0.2, 0.25) is 0 Å². The molecule has 2 aromatic carbocycles. The summed E-state index contributed by atoms with van der Waals surface area (Å²) in [5.41, 5.74) is 1.46. The zero-order chi connectivity index (χ0) is 23.8. The first kappa shape index (κ1) is 25.0. The number of rotatable bonds is 12. The van der Waals surface area contributed by atoms with E-state index >= 15 is 0 Å². The van der Waals surface area contributed by atoms with Gasteiger partial charge in [0, 0.05) is 24.7 Å². The fourth-order valence-corrected chi connectivity index (χ4v) is 5.65. The van der Waals surface area contributed by atoms with Gasteiger partial charge >= 0.3 is 0 Å². The molecule has 8 nitrogen and oxygen atoms in total. The molecule has 9 heteroatoms. The molecule has 2 atom stereocenters. The van der Waals surface area contributed by atoms with E-state index in [2.05, 4.69) is 0 Å². The molecule has 0 saturated carbocycles. The highest BCUT2D eigenvalue weighted by Gasteiger charge is 2.33. The summed E-state index contributed by atoms with van der Waals surface area (Å²) in [6.45, 7) is 3.26. The van der Waals surface area contributed by atoms with E-state index in [4.69, 9.17) is 14.2 Å². The molecule has 0 radical (unpaired) electrons. The number of hydrogen-bond donors (Lipinski definition) is 1. The van der Waals surface area contributed by atoms with Crippen molar-refractivity contribution in [1.82, 2.24) is 4.90 Å². The topological polar surface area (TPSA) is 102 Å². The van der Waals surface area contributed by atoms with Gasteiger partial charge in [0.25, 0.3) is 0 Å². The number of methoxy groups -OCH3 is 1. The molecule has 2 aromatic rings. The number of aliphatic hydroxyl groups excluding tert-OH is 1. The van der Waals surface area contributed by atoms with Crippen LogP contribution in [-0.2, 0) is 16.4 Å². The van der Waals surface area contributed by atoms with Crippen LogP contribution >= 0.6 is 0 Å². The fraction of sp³-hybridized carbons (Fsp3) is 0.458. The zero-order valence-electron chi connectivity index (χ0n) is 19.0. The lowest BCUT2D eigenvalue weighted by molar-refractivity contribution is 0.0517. The lowest BCUT2D eigenvalue weighted by Crippen LogP contribution is -2.42. The summed E-state index contributed by atoms with van der Waals surface area (Å²) >= 11 is 0. The van der Waals surface area contributed by atoms with Crippen molar-refractivity contribution in [3.05, 3.63) is 53.6 Å². The number of hydrogen-bond acceptors (Lipinski definition) is 8. The number of nitrogens with zero attached hydrogens (tertiary/aromatic N) is 1. The molecule has 1 N–H and O–H groups in total. The van der Waals surface area contributed by atoms with Crippen LogP contribution in [0.1, 0.15) is 29.3 Å². The van der Waals surface area contributed by atoms with Crippen LogP contribution in [0.4, 0.5) is 0 Å². The SMILES string of the molecule is CCOc1ccc(CN(CC(O)COc2ccc(C=O)cc2OC)C2CCS(=O)(=O)C2)cc1. The number of ether oxygens (including phenoxy) is 3. The molecule has 1 heterocycles. The molecule has 1 saturated heterocycles. The van der Waals surface area contributed by atoms with Gasteiger partial charge in [-0.1, -0.05) is 12.1 Å². The molecular weight excluding hydrogens is 446 g/mol. The summed E-state index contributed by atoms with van der Waals surface area (Å²) in [4.78, 5) is 13.0. The highest BCUT2D eigenvalue weighted by atomic mass is 32.2. The first-order valence-corrected chi connectivity index (χ1v) is 12.8. The van der Waals surface area contributed by atoms with E-state index in [0.29, 0.717) is 36.6 Å². The van der Waals surface area contributed by atoms with Crippen molar-refractivity contribution in [2.45, 2.75) is 32.0 Å². The predicted octanol–water partition coefficient (Wildman–Crippen LogP) is 2.34. The summed E-state index contributed by atoms with van der Waals surface area (Å²) in [6.07, 6.45) is 0.398. The van der Waals surface area contributed by atoms with Gasteiger partial charge in [-0.05, 0) is 49.2 Å². The lowest BCUT2D eigenvalue weighted by atomic mass is 10.1. The molecule has 0 aliphatic carbocycles. The van der Waals surface area contributed by atoms with Gasteiger partial charge in [-0.15, -0.1) is 0 Å². The normalized spacial score (nSPS) is 18.1. The van der Waals surface area contributed by atoms with Crippen LogP contribution in [0.15, 0.2) is 42.5 Å². The van der Waals surface area contributed by atoms with E-state index in [-0.39, 0.29) is 30.7 Å². The Bertz CT molecular complexity index is 1020. The van der Waals surface area contributed by atoms with Gasteiger partial charge in [0.05, 0.1) is 25.2 Å². The second-order valence-electron chi connectivity index (χ2n) is 8.06. The molecule has 2 unspecified atom stereocenters. The van der Waals surface area contributed by atoms with Gasteiger partial charge in [-0.25, -0.2) is 8.42 Å². The number of carbonyl (C=O) groups excluding carboxylic acids is 1. The molecule has 0 bridgehead atoms. The molecular formula is C24H31NO7S. The Morgan fingerprint density at radius 1 is 1.15 bits per heavy atom. The van der Waals surface area contributed by atoms with Crippen LogP contribution in [0.2, 0.25) is 0 Å². The second-order valence-corrected chi connectivity index (χ2v) is 10.3. The van der Waals surface area contributed by atoms with E-state index in [1.165, 1.54) is 7.11 Å². The summed E-state index contributed by atoms with van der Waals surface area (Å²) in [5, 5.41) is 10.7. The van der Waals surface area contributed by atoms with Crippen molar-refractivity contribution in [3.63, 3.8) is 0 Å². The Morgan fingerprint density at radius 3 is 2.52 bits per heavy atom. The van der Waals surface area contributed by atoms with Gasteiger partial charge in [0.15, 0.2) is 21.3 Å². The van der Waals surface area contributed by atoms with Crippen molar-refractivity contribution >= 4 is 16.1 Å². The van der Waals surface area contributed by atoms with E-state index in [1.807, 2.05) is 36.1 Å². The molecule has 0 aromatic heterocycles. The number of aliphatic hydroxyl groups is 1. The summed E-state index contributed by atoms with van der Waals surface area (Å²) in [5.74, 6) is 1.84. The maximum absolute atomic E-state index is 12.1. The van der Waals surface area contributed by atoms with Crippen LogP contribution in [0.3, 0.4) is 0 Å². The predicted molar refractivity (Wildman–Crippen MR) is 125 cm³/mol. The number of aldehydes is 1. The summed E-state index contributed by atoms with van der Waals surface area (Å²) in [6, 6.07) is 12.3. The largest absolute Gasteiger partial charge is 0.494 e. The van der Waals surface area contributed by atoms with E-state index in [9.17, 15) is 18.3 Å². The van der Waals surface area contributed by atoms with Crippen molar-refractivity contribution in [2.75, 3.05) is 38.4 Å². The fourth-order valence-electron chi connectivity index (χ4n) is 3.88. The highest BCUT2D eigenvalue weighted by molar-refractivity contribution is 7.91. The van der Waals surface area contributed by atoms with Crippen LogP contribution in [-0.4, -0.2) is 75.2 Å². The van der Waals surface area contributed by atoms with Crippen molar-refractivity contribution in [2.24, 2.45) is 0 Å². The molecule has 180 valence electrons. The average Bonchev–Trinajstić information content (AvgIpc) is 3.18. The van der Waals surface area contributed by atoms with Gasteiger partial charge < -0.3 is 19.3 Å². The van der Waals surface area contributed by atoms with Gasteiger partial charge in [-0.3, -0.25) is 9.69 Å². The third-order valence-corrected chi connectivity index (χ3v) is 7.30. The second kappa shape index (κ2) is 11.5. The van der Waals surface area contributed by atoms with E-state index in [1.54, 1.807) is 18.2 Å². The Balaban J connectivity index is 1.67. The maximum Gasteiger partial charge on any atom is 0.161 e. The molecule has 1 aliphatic rings. The standard InChI is InChI=1S/C24H31NO7S/c1-3-31-22-7-4-18(5-8-22)13-25(20-10-11-33(28,29)17-20)14-21(27)16-32-23-9-6-19(15-26)12-24(23)30-2/h4-9,12,15,20-21,27H,3,10-11,13-14,16-17H2,1-2H3. The average molecular weight is 478 g/mol.